The van der Waals surface area contributed by atoms with Crippen LogP contribution in [-0.2, 0) is 0 Å². The molecule has 0 N–H and O–H groups in total. The molecule has 21 heavy (non-hydrogen) atoms. The van der Waals surface area contributed by atoms with Gasteiger partial charge in [0.25, 0.3) is 0 Å². The number of furan rings is 1. The Morgan fingerprint density at radius 2 is 1.95 bits per heavy atom. The van der Waals surface area contributed by atoms with E-state index in [2.05, 4.69) is 72.2 Å². The molecule has 0 saturated heterocycles. The predicted octanol–water partition coefficient (Wildman–Crippen LogP) is 0.989. The van der Waals surface area contributed by atoms with Crippen LogP contribution in [0.4, 0.5) is 0 Å². The molecular weight excluding hydrogens is 261 g/mol. The highest BCUT2D eigenvalue weighted by Gasteiger charge is 2.33. The summed E-state index contributed by atoms with van der Waals surface area (Å²) < 4.78 is 6.01. The number of benzene rings is 1. The molecule has 0 fully saturated rings. The molecule has 2 aliphatic heterocycles. The number of hydrogen-bond donors (Lipinski definition) is 0. The van der Waals surface area contributed by atoms with Gasteiger partial charge in [-0.25, -0.2) is 0 Å². The zero-order valence-electron chi connectivity index (χ0n) is 12.5. The molecule has 4 rings (SSSR count). The summed E-state index contributed by atoms with van der Waals surface area (Å²) in [7, 11) is 4.21. The molecule has 0 aliphatic carbocycles. The molecular formula is C16H18BN3O. The maximum atomic E-state index is 6.01. The summed E-state index contributed by atoms with van der Waals surface area (Å²) in [5.74, 6) is 2.20. The molecule has 0 bridgehead atoms. The van der Waals surface area contributed by atoms with Crippen LogP contribution in [0.3, 0.4) is 0 Å². The molecule has 0 saturated carbocycles. The van der Waals surface area contributed by atoms with Crippen molar-refractivity contribution in [1.29, 1.82) is 0 Å². The first-order chi connectivity index (χ1) is 10.1. The van der Waals surface area contributed by atoms with Crippen molar-refractivity contribution < 1.29 is 4.42 Å². The van der Waals surface area contributed by atoms with E-state index in [-0.39, 0.29) is 6.98 Å². The Balaban J connectivity index is 1.85. The topological polar surface area (TPSA) is 22.9 Å². The summed E-state index contributed by atoms with van der Waals surface area (Å²) in [6.45, 7) is 2.38. The highest BCUT2D eigenvalue weighted by molar-refractivity contribution is 6.69. The van der Waals surface area contributed by atoms with Crippen LogP contribution in [0.2, 0.25) is 0 Å². The highest BCUT2D eigenvalue weighted by Crippen LogP contribution is 2.18. The average molecular weight is 279 g/mol. The Labute approximate surface area is 124 Å². The molecule has 5 heteroatoms. The normalized spacial score (nSPS) is 20.8. The molecule has 0 radical (unpaired) electrons. The number of hydrogen-bond acceptors (Lipinski definition) is 4. The van der Waals surface area contributed by atoms with Gasteiger partial charge in [-0.05, 0) is 26.0 Å². The first-order valence-electron chi connectivity index (χ1n) is 7.26. The van der Waals surface area contributed by atoms with Gasteiger partial charge in [0.05, 0.1) is 6.17 Å². The molecule has 3 heterocycles. The molecule has 2 aliphatic rings. The monoisotopic (exact) mass is 279 g/mol. The Bertz CT molecular complexity index is 841. The average Bonchev–Trinajstić information content (AvgIpc) is 3.00. The molecule has 0 amide bonds. The fraction of sp³-hybridized carbons (Fsp3) is 0.250. The standard InChI is InChI=1S/C16H18BN3O/c1-12-18(2)8-9-20(12)17-10-16-14(11-19(17)3)13-6-4-5-7-15(13)21-16/h4-12H,1-3H3/t12-/m0/s1. The van der Waals surface area contributed by atoms with Crippen LogP contribution >= 0.6 is 0 Å². The summed E-state index contributed by atoms with van der Waals surface area (Å²) in [4.78, 5) is 6.77. The summed E-state index contributed by atoms with van der Waals surface area (Å²) in [5.41, 5.74) is 1.92. The van der Waals surface area contributed by atoms with Crippen LogP contribution in [0.1, 0.15) is 6.92 Å². The largest absolute Gasteiger partial charge is 0.457 e. The summed E-state index contributed by atoms with van der Waals surface area (Å²) >= 11 is 0. The van der Waals surface area contributed by atoms with Gasteiger partial charge in [0, 0.05) is 36.3 Å². The third-order valence-corrected chi connectivity index (χ3v) is 4.51. The lowest BCUT2D eigenvalue weighted by Gasteiger charge is -2.35. The van der Waals surface area contributed by atoms with Gasteiger partial charge in [-0.2, -0.15) is 0 Å². The fourth-order valence-electron chi connectivity index (χ4n) is 3.12. The van der Waals surface area contributed by atoms with Crippen molar-refractivity contribution in [3.8, 4) is 0 Å². The Morgan fingerprint density at radius 3 is 2.71 bits per heavy atom. The van der Waals surface area contributed by atoms with E-state index in [1.165, 1.54) is 10.6 Å². The van der Waals surface area contributed by atoms with Gasteiger partial charge in [0.15, 0.2) is 0 Å². The van der Waals surface area contributed by atoms with Gasteiger partial charge in [-0.1, -0.05) is 18.2 Å². The minimum absolute atomic E-state index is 0.175. The van der Waals surface area contributed by atoms with Crippen molar-refractivity contribution in [3.63, 3.8) is 0 Å². The fourth-order valence-corrected chi connectivity index (χ4v) is 3.12. The number of para-hydroxylation sites is 1. The molecule has 0 spiro atoms. The minimum atomic E-state index is 0.175. The number of nitrogens with zero attached hydrogens (tertiary/aromatic N) is 3. The van der Waals surface area contributed by atoms with E-state index in [0.29, 0.717) is 6.17 Å². The molecule has 4 nitrogen and oxygen atoms in total. The number of rotatable bonds is 1. The first-order valence-corrected chi connectivity index (χ1v) is 7.26. The van der Waals surface area contributed by atoms with Crippen molar-refractivity contribution in [3.05, 3.63) is 47.3 Å². The van der Waals surface area contributed by atoms with Crippen molar-refractivity contribution in [1.82, 2.24) is 14.5 Å². The summed E-state index contributed by atoms with van der Waals surface area (Å²) in [6.07, 6.45) is 6.78. The van der Waals surface area contributed by atoms with E-state index >= 15 is 0 Å². The van der Waals surface area contributed by atoms with Crippen LogP contribution in [0.15, 0.2) is 41.1 Å². The van der Waals surface area contributed by atoms with E-state index in [1.807, 2.05) is 12.1 Å². The predicted molar refractivity (Wildman–Crippen MR) is 86.1 cm³/mol. The van der Waals surface area contributed by atoms with Crippen LogP contribution in [0.5, 0.6) is 0 Å². The van der Waals surface area contributed by atoms with Crippen LogP contribution in [-0.4, -0.2) is 41.8 Å². The smallest absolute Gasteiger partial charge is 0.408 e. The second-order valence-corrected chi connectivity index (χ2v) is 5.79. The molecule has 0 unspecified atom stereocenters. The van der Waals surface area contributed by atoms with Gasteiger partial charge in [-0.3, -0.25) is 0 Å². The van der Waals surface area contributed by atoms with E-state index < -0.39 is 0 Å². The second kappa shape index (κ2) is 4.35. The molecule has 2 aromatic rings. The van der Waals surface area contributed by atoms with Gasteiger partial charge in [-0.15, -0.1) is 0 Å². The van der Waals surface area contributed by atoms with Gasteiger partial charge < -0.3 is 18.9 Å². The lowest BCUT2D eigenvalue weighted by molar-refractivity contribution is 0.266. The zero-order valence-corrected chi connectivity index (χ0v) is 12.5. The quantitative estimate of drug-likeness (QED) is 0.726. The van der Waals surface area contributed by atoms with E-state index in [0.717, 1.165) is 11.0 Å². The highest BCUT2D eigenvalue weighted by atomic mass is 16.3. The second-order valence-electron chi connectivity index (χ2n) is 5.79. The van der Waals surface area contributed by atoms with E-state index in [4.69, 9.17) is 4.42 Å². The lowest BCUT2D eigenvalue weighted by Crippen LogP contribution is -2.53. The molecule has 1 atom stereocenters. The van der Waals surface area contributed by atoms with Crippen molar-refractivity contribution in [2.75, 3.05) is 14.1 Å². The van der Waals surface area contributed by atoms with Gasteiger partial charge >= 0.3 is 6.98 Å². The lowest BCUT2D eigenvalue weighted by atomic mass is 9.70. The maximum Gasteiger partial charge on any atom is 0.408 e. The Morgan fingerprint density at radius 1 is 1.14 bits per heavy atom. The first kappa shape index (κ1) is 12.4. The van der Waals surface area contributed by atoms with Crippen LogP contribution < -0.4 is 10.6 Å². The van der Waals surface area contributed by atoms with Crippen molar-refractivity contribution >= 4 is 30.1 Å². The summed E-state index contributed by atoms with van der Waals surface area (Å²) in [6, 6.07) is 8.20. The van der Waals surface area contributed by atoms with E-state index in [1.54, 1.807) is 0 Å². The van der Waals surface area contributed by atoms with Gasteiger partial charge in [0.2, 0.25) is 0 Å². The third kappa shape index (κ3) is 1.77. The number of fused-ring (bicyclic) bond motifs is 3. The Hall–Kier alpha value is -2.30. The molecule has 1 aromatic heterocycles. The van der Waals surface area contributed by atoms with E-state index in [9.17, 15) is 0 Å². The van der Waals surface area contributed by atoms with Crippen LogP contribution in [0.25, 0.3) is 23.1 Å². The van der Waals surface area contributed by atoms with Crippen LogP contribution in [0, 0.1) is 0 Å². The third-order valence-electron chi connectivity index (χ3n) is 4.51. The Kier molecular flexibility index (Phi) is 2.58. The molecule has 1 aromatic carbocycles. The summed E-state index contributed by atoms with van der Waals surface area (Å²) in [5, 5.41) is 2.35. The maximum absolute atomic E-state index is 6.01. The van der Waals surface area contributed by atoms with Crippen molar-refractivity contribution in [2.24, 2.45) is 0 Å². The van der Waals surface area contributed by atoms with Gasteiger partial charge in [0.1, 0.15) is 11.0 Å². The van der Waals surface area contributed by atoms with Crippen molar-refractivity contribution in [2.45, 2.75) is 13.1 Å². The molecule has 106 valence electrons. The zero-order chi connectivity index (χ0) is 14.6. The SMILES string of the molecule is C[C@H]1N(C)C=CN1B1C=c2oc3ccccc3c2=CN1C. The minimum Gasteiger partial charge on any atom is -0.457 e.